The summed E-state index contributed by atoms with van der Waals surface area (Å²) in [5.74, 6) is 0. The Morgan fingerprint density at radius 1 is 1.29 bits per heavy atom. The number of hydrogen-bond acceptors (Lipinski definition) is 7. The first-order valence-electron chi connectivity index (χ1n) is 7.99. The van der Waals surface area contributed by atoms with Gasteiger partial charge in [0, 0.05) is 6.04 Å². The van der Waals surface area contributed by atoms with Crippen molar-refractivity contribution in [1.82, 2.24) is 5.32 Å². The Bertz CT molecular complexity index is 674. The highest BCUT2D eigenvalue weighted by atomic mass is 32.2. The van der Waals surface area contributed by atoms with Crippen molar-refractivity contribution in [2.24, 2.45) is 0 Å². The Hall–Kier alpha value is -1.03. The number of benzene rings is 1. The third-order valence-corrected chi connectivity index (χ3v) is 5.51. The second-order valence-corrected chi connectivity index (χ2v) is 8.11. The number of ether oxygens (including phenoxy) is 2. The fourth-order valence-electron chi connectivity index (χ4n) is 2.99. The van der Waals surface area contributed by atoms with Crippen LogP contribution >= 0.6 is 0 Å². The van der Waals surface area contributed by atoms with Gasteiger partial charge in [-0.1, -0.05) is 31.5 Å². The molecule has 2 fully saturated rings. The lowest BCUT2D eigenvalue weighted by molar-refractivity contribution is -0.193. The van der Waals surface area contributed by atoms with Gasteiger partial charge in [0.2, 0.25) is 0 Å². The normalized spacial score (nSPS) is 33.1. The maximum Gasteiger partial charge on any atom is 0.297 e. The highest BCUT2D eigenvalue weighted by Gasteiger charge is 2.52. The van der Waals surface area contributed by atoms with Crippen LogP contribution in [0, 0.1) is 6.92 Å². The third-order valence-electron chi connectivity index (χ3n) is 4.18. The second-order valence-electron chi connectivity index (χ2n) is 6.54. The quantitative estimate of drug-likeness (QED) is 0.743. The van der Waals surface area contributed by atoms with Crippen LogP contribution in [0.1, 0.15) is 19.4 Å². The van der Waals surface area contributed by atoms with Crippen molar-refractivity contribution >= 4 is 10.1 Å². The summed E-state index contributed by atoms with van der Waals surface area (Å²) in [4.78, 5) is 0.0359. The Balaban J connectivity index is 1.81. The minimum absolute atomic E-state index is 0.0359. The van der Waals surface area contributed by atoms with Gasteiger partial charge in [0.25, 0.3) is 10.1 Å². The Morgan fingerprint density at radius 2 is 1.96 bits per heavy atom. The molecule has 0 aromatic heterocycles. The highest BCUT2D eigenvalue weighted by molar-refractivity contribution is 7.86. The summed E-state index contributed by atoms with van der Waals surface area (Å²) in [6.45, 7) is 6.03. The van der Waals surface area contributed by atoms with Crippen LogP contribution in [-0.4, -0.2) is 56.8 Å². The van der Waals surface area contributed by atoms with E-state index in [-0.39, 0.29) is 23.6 Å². The lowest BCUT2D eigenvalue weighted by Crippen LogP contribution is -2.61. The van der Waals surface area contributed by atoms with E-state index in [0.717, 1.165) is 5.56 Å². The molecule has 2 N–H and O–H groups in total. The van der Waals surface area contributed by atoms with Crippen LogP contribution in [0.3, 0.4) is 0 Å². The van der Waals surface area contributed by atoms with E-state index < -0.39 is 34.7 Å². The molecule has 5 atom stereocenters. The number of aryl methyl sites for hydroxylation is 1. The molecule has 1 aromatic carbocycles. The van der Waals surface area contributed by atoms with Crippen LogP contribution in [0.5, 0.6) is 0 Å². The topological polar surface area (TPSA) is 94.1 Å². The van der Waals surface area contributed by atoms with Crippen molar-refractivity contribution < 1.29 is 27.2 Å². The molecule has 2 heterocycles. The zero-order valence-electron chi connectivity index (χ0n) is 13.9. The predicted octanol–water partition coefficient (Wildman–Crippen LogP) is 0.552. The summed E-state index contributed by atoms with van der Waals surface area (Å²) < 4.78 is 41.4. The van der Waals surface area contributed by atoms with E-state index in [1.54, 1.807) is 12.1 Å². The van der Waals surface area contributed by atoms with Gasteiger partial charge in [0.1, 0.15) is 12.2 Å². The van der Waals surface area contributed by atoms with Crippen molar-refractivity contribution in [3.05, 3.63) is 29.8 Å². The van der Waals surface area contributed by atoms with Gasteiger partial charge in [0.05, 0.1) is 17.5 Å². The fraction of sp³-hybridized carbons (Fsp3) is 0.625. The zero-order valence-corrected chi connectivity index (χ0v) is 14.7. The smallest absolute Gasteiger partial charge is 0.297 e. The van der Waals surface area contributed by atoms with E-state index in [1.807, 2.05) is 20.8 Å². The van der Waals surface area contributed by atoms with Crippen LogP contribution in [-0.2, 0) is 23.8 Å². The van der Waals surface area contributed by atoms with Crippen LogP contribution in [0.2, 0.25) is 0 Å². The Kier molecular flexibility index (Phi) is 4.96. The number of rotatable bonds is 5. The van der Waals surface area contributed by atoms with Gasteiger partial charge in [-0.2, -0.15) is 8.42 Å². The van der Waals surface area contributed by atoms with Gasteiger partial charge in [-0.05, 0) is 19.1 Å². The van der Waals surface area contributed by atoms with E-state index in [2.05, 4.69) is 5.32 Å². The maximum absolute atomic E-state index is 12.5. The van der Waals surface area contributed by atoms with E-state index in [0.29, 0.717) is 0 Å². The molecule has 7 nitrogen and oxygen atoms in total. The van der Waals surface area contributed by atoms with Gasteiger partial charge in [0.15, 0.2) is 12.4 Å². The summed E-state index contributed by atoms with van der Waals surface area (Å²) in [6.07, 6.45) is -3.39. The molecular weight excluding hydrogens is 334 g/mol. The fourth-order valence-corrected chi connectivity index (χ4v) is 4.06. The van der Waals surface area contributed by atoms with Gasteiger partial charge in [-0.15, -0.1) is 0 Å². The lowest BCUT2D eigenvalue weighted by atomic mass is 9.97. The molecule has 134 valence electrons. The molecule has 8 heteroatoms. The molecule has 2 saturated heterocycles. The average molecular weight is 357 g/mol. The van der Waals surface area contributed by atoms with Crippen molar-refractivity contribution in [3.63, 3.8) is 0 Å². The minimum Gasteiger partial charge on any atom is -0.388 e. The van der Waals surface area contributed by atoms with E-state index in [1.165, 1.54) is 12.1 Å². The molecule has 4 unspecified atom stereocenters. The van der Waals surface area contributed by atoms with E-state index in [4.69, 9.17) is 13.7 Å². The van der Waals surface area contributed by atoms with Gasteiger partial charge in [-0.3, -0.25) is 4.18 Å². The molecular formula is C16H23NO6S. The van der Waals surface area contributed by atoms with Crippen molar-refractivity contribution in [2.45, 2.75) is 62.4 Å². The largest absolute Gasteiger partial charge is 0.388 e. The maximum atomic E-state index is 12.5. The first-order chi connectivity index (χ1) is 11.3. The molecule has 2 aliphatic rings. The van der Waals surface area contributed by atoms with Crippen molar-refractivity contribution in [3.8, 4) is 0 Å². The number of nitrogens with one attached hydrogen (secondary N) is 1. The molecule has 0 radical (unpaired) electrons. The van der Waals surface area contributed by atoms with Gasteiger partial charge < -0.3 is 19.9 Å². The Morgan fingerprint density at radius 3 is 2.58 bits per heavy atom. The SMILES string of the molecule is Cc1ccc(S(=O)(=O)OC2C(O)C(NC(C)C)C3CO[C@@H]2O3)cc1. The number of aliphatic hydroxyl groups is 1. The number of fused-ring (bicyclic) bond motifs is 2. The third kappa shape index (κ3) is 3.49. The molecule has 0 aliphatic carbocycles. The molecule has 24 heavy (non-hydrogen) atoms. The van der Waals surface area contributed by atoms with Gasteiger partial charge >= 0.3 is 0 Å². The van der Waals surface area contributed by atoms with Crippen molar-refractivity contribution in [1.29, 1.82) is 0 Å². The molecule has 0 spiro atoms. The van der Waals surface area contributed by atoms with Crippen LogP contribution in [0.15, 0.2) is 29.2 Å². The summed E-state index contributed by atoms with van der Waals surface area (Å²) >= 11 is 0. The molecule has 0 amide bonds. The summed E-state index contributed by atoms with van der Waals surface area (Å²) in [5.41, 5.74) is 0.943. The summed E-state index contributed by atoms with van der Waals surface area (Å²) in [6, 6.07) is 5.97. The van der Waals surface area contributed by atoms with E-state index in [9.17, 15) is 13.5 Å². The van der Waals surface area contributed by atoms with Gasteiger partial charge in [-0.25, -0.2) is 0 Å². The first kappa shape index (κ1) is 17.8. The minimum atomic E-state index is -4.03. The Labute approximate surface area is 142 Å². The second kappa shape index (κ2) is 6.70. The standard InChI is InChI=1S/C16H23NO6S/c1-9(2)17-13-12-8-21-16(22-12)15(14(13)18)23-24(19,20)11-6-4-10(3)5-7-11/h4-7,9,12-18H,8H2,1-3H3/t12?,13?,14?,15?,16-/m1/s1. The first-order valence-corrected chi connectivity index (χ1v) is 9.40. The number of hydrogen-bond donors (Lipinski definition) is 2. The zero-order chi connectivity index (χ0) is 17.5. The molecule has 1 aromatic rings. The lowest BCUT2D eigenvalue weighted by Gasteiger charge is -2.38. The molecule has 0 saturated carbocycles. The molecule has 2 aliphatic heterocycles. The van der Waals surface area contributed by atoms with Crippen LogP contribution in [0.25, 0.3) is 0 Å². The van der Waals surface area contributed by atoms with Crippen LogP contribution < -0.4 is 5.32 Å². The van der Waals surface area contributed by atoms with Crippen molar-refractivity contribution in [2.75, 3.05) is 6.61 Å². The predicted molar refractivity (Wildman–Crippen MR) is 85.9 cm³/mol. The van der Waals surface area contributed by atoms with Crippen LogP contribution in [0.4, 0.5) is 0 Å². The average Bonchev–Trinajstić information content (AvgIpc) is 2.95. The number of aliphatic hydroxyl groups excluding tert-OH is 1. The monoisotopic (exact) mass is 357 g/mol. The van der Waals surface area contributed by atoms with E-state index >= 15 is 0 Å². The summed E-state index contributed by atoms with van der Waals surface area (Å²) in [5, 5.41) is 13.8. The summed E-state index contributed by atoms with van der Waals surface area (Å²) in [7, 11) is -4.03. The molecule has 2 bridgehead atoms. The molecule has 3 rings (SSSR count). The highest BCUT2D eigenvalue weighted by Crippen LogP contribution is 2.32.